The summed E-state index contributed by atoms with van der Waals surface area (Å²) in [4.78, 5) is 28.5. The second-order valence-electron chi connectivity index (χ2n) is 7.27. The number of esters is 1. The Balaban J connectivity index is 1.78. The molecular formula is C18H32N2O4. The summed E-state index contributed by atoms with van der Waals surface area (Å²) in [7, 11) is 0. The van der Waals surface area contributed by atoms with Crippen molar-refractivity contribution >= 4 is 11.9 Å². The van der Waals surface area contributed by atoms with Crippen molar-refractivity contribution in [2.75, 3.05) is 39.4 Å². The highest BCUT2D eigenvalue weighted by Crippen LogP contribution is 2.20. The van der Waals surface area contributed by atoms with Crippen LogP contribution in [0, 0.1) is 5.92 Å². The normalized spacial score (nSPS) is 25.2. The largest absolute Gasteiger partial charge is 0.461 e. The van der Waals surface area contributed by atoms with Crippen LogP contribution in [0.15, 0.2) is 0 Å². The van der Waals surface area contributed by atoms with Crippen LogP contribution in [0.2, 0.25) is 0 Å². The van der Waals surface area contributed by atoms with Crippen molar-refractivity contribution < 1.29 is 19.1 Å². The second kappa shape index (κ2) is 9.37. The molecule has 0 unspecified atom stereocenters. The topological polar surface area (TPSA) is 59.1 Å². The molecule has 138 valence electrons. The minimum Gasteiger partial charge on any atom is -0.461 e. The Hall–Kier alpha value is -1.14. The van der Waals surface area contributed by atoms with Gasteiger partial charge in [0.05, 0.1) is 6.61 Å². The highest BCUT2D eigenvalue weighted by atomic mass is 16.6. The van der Waals surface area contributed by atoms with Crippen LogP contribution in [-0.4, -0.2) is 73.2 Å². The number of rotatable bonds is 7. The van der Waals surface area contributed by atoms with Gasteiger partial charge in [0, 0.05) is 32.6 Å². The Bertz CT molecular complexity index is 427. The van der Waals surface area contributed by atoms with Crippen molar-refractivity contribution in [3.8, 4) is 0 Å². The molecule has 1 amide bonds. The zero-order valence-electron chi connectivity index (χ0n) is 15.3. The van der Waals surface area contributed by atoms with E-state index in [0.29, 0.717) is 31.9 Å². The predicted molar refractivity (Wildman–Crippen MR) is 91.6 cm³/mol. The van der Waals surface area contributed by atoms with E-state index in [0.717, 1.165) is 32.5 Å². The zero-order valence-corrected chi connectivity index (χ0v) is 15.3. The lowest BCUT2D eigenvalue weighted by atomic mass is 10.2. The standard InChI is InChI=1S/C18H32N2O4/c1-4-6-17(21)20-8-5-7-16(20)18(22)24-13-15-12-19(9-10-23-15)11-14(2)3/h14-16H,4-13H2,1-3H3/t15-,16+/m0/s1. The fraction of sp³-hybridized carbons (Fsp3) is 0.889. The molecule has 2 fully saturated rings. The maximum atomic E-state index is 12.4. The van der Waals surface area contributed by atoms with Gasteiger partial charge in [-0.15, -0.1) is 0 Å². The highest BCUT2D eigenvalue weighted by Gasteiger charge is 2.35. The first-order valence-corrected chi connectivity index (χ1v) is 9.31. The maximum absolute atomic E-state index is 12.4. The molecule has 0 aromatic carbocycles. The second-order valence-corrected chi connectivity index (χ2v) is 7.27. The van der Waals surface area contributed by atoms with E-state index in [1.165, 1.54) is 0 Å². The van der Waals surface area contributed by atoms with Crippen LogP contribution < -0.4 is 0 Å². The van der Waals surface area contributed by atoms with Gasteiger partial charge in [0.1, 0.15) is 18.8 Å². The molecule has 0 aliphatic carbocycles. The Morgan fingerprint density at radius 2 is 2.08 bits per heavy atom. The van der Waals surface area contributed by atoms with E-state index >= 15 is 0 Å². The number of carbonyl (C=O) groups excluding carboxylic acids is 2. The summed E-state index contributed by atoms with van der Waals surface area (Å²) in [5, 5.41) is 0. The summed E-state index contributed by atoms with van der Waals surface area (Å²) >= 11 is 0. The molecule has 0 aromatic heterocycles. The van der Waals surface area contributed by atoms with Crippen LogP contribution in [0.5, 0.6) is 0 Å². The van der Waals surface area contributed by atoms with Crippen molar-refractivity contribution in [2.24, 2.45) is 5.92 Å². The molecular weight excluding hydrogens is 308 g/mol. The SMILES string of the molecule is CCCC(=O)N1CCC[C@@H]1C(=O)OC[C@@H]1CN(CC(C)C)CCO1. The summed E-state index contributed by atoms with van der Waals surface area (Å²) in [5.74, 6) is 0.401. The first kappa shape index (κ1) is 19.2. The van der Waals surface area contributed by atoms with E-state index in [-0.39, 0.29) is 24.6 Å². The van der Waals surface area contributed by atoms with Gasteiger partial charge in [-0.3, -0.25) is 9.69 Å². The third-order valence-electron chi connectivity index (χ3n) is 4.57. The lowest BCUT2D eigenvalue weighted by molar-refractivity contribution is -0.159. The summed E-state index contributed by atoms with van der Waals surface area (Å²) in [6, 6.07) is -0.403. The lowest BCUT2D eigenvalue weighted by Crippen LogP contribution is -2.47. The van der Waals surface area contributed by atoms with Crippen molar-refractivity contribution in [3.63, 3.8) is 0 Å². The summed E-state index contributed by atoms with van der Waals surface area (Å²) in [5.41, 5.74) is 0. The molecule has 2 saturated heterocycles. The monoisotopic (exact) mass is 340 g/mol. The van der Waals surface area contributed by atoms with Gasteiger partial charge in [0.25, 0.3) is 0 Å². The Morgan fingerprint density at radius 3 is 2.79 bits per heavy atom. The molecule has 2 heterocycles. The van der Waals surface area contributed by atoms with Gasteiger partial charge in [-0.25, -0.2) is 4.79 Å². The van der Waals surface area contributed by atoms with Crippen LogP contribution in [-0.2, 0) is 19.1 Å². The third-order valence-corrected chi connectivity index (χ3v) is 4.57. The van der Waals surface area contributed by atoms with Crippen molar-refractivity contribution in [3.05, 3.63) is 0 Å². The van der Waals surface area contributed by atoms with Crippen LogP contribution in [0.25, 0.3) is 0 Å². The molecule has 2 rings (SSSR count). The molecule has 0 aromatic rings. The molecule has 2 aliphatic rings. The fourth-order valence-corrected chi connectivity index (χ4v) is 3.50. The van der Waals surface area contributed by atoms with Crippen molar-refractivity contribution in [1.82, 2.24) is 9.80 Å². The van der Waals surface area contributed by atoms with E-state index in [9.17, 15) is 9.59 Å². The molecule has 6 heteroatoms. The minimum atomic E-state index is -0.403. The molecule has 2 atom stereocenters. The Labute approximate surface area is 145 Å². The van der Waals surface area contributed by atoms with Crippen molar-refractivity contribution in [2.45, 2.75) is 58.6 Å². The number of ether oxygens (including phenoxy) is 2. The zero-order chi connectivity index (χ0) is 17.5. The molecule has 0 radical (unpaired) electrons. The van der Waals surface area contributed by atoms with Crippen LogP contribution in [0.4, 0.5) is 0 Å². The summed E-state index contributed by atoms with van der Waals surface area (Å²) < 4.78 is 11.2. The first-order valence-electron chi connectivity index (χ1n) is 9.31. The number of hydrogen-bond donors (Lipinski definition) is 0. The molecule has 2 aliphatic heterocycles. The smallest absolute Gasteiger partial charge is 0.328 e. The Kier molecular flexibility index (Phi) is 7.49. The minimum absolute atomic E-state index is 0.0639. The number of hydrogen-bond acceptors (Lipinski definition) is 5. The van der Waals surface area contributed by atoms with Crippen LogP contribution in [0.3, 0.4) is 0 Å². The van der Waals surface area contributed by atoms with Gasteiger partial charge < -0.3 is 14.4 Å². The molecule has 0 N–H and O–H groups in total. The number of nitrogens with zero attached hydrogens (tertiary/aromatic N) is 2. The lowest BCUT2D eigenvalue weighted by Gasteiger charge is -2.33. The third kappa shape index (κ3) is 5.45. The number of amides is 1. The van der Waals surface area contributed by atoms with Crippen LogP contribution >= 0.6 is 0 Å². The average molecular weight is 340 g/mol. The van der Waals surface area contributed by atoms with Gasteiger partial charge in [0.15, 0.2) is 0 Å². The van der Waals surface area contributed by atoms with Gasteiger partial charge >= 0.3 is 5.97 Å². The number of carbonyl (C=O) groups is 2. The molecule has 6 nitrogen and oxygen atoms in total. The average Bonchev–Trinajstić information content (AvgIpc) is 3.02. The van der Waals surface area contributed by atoms with Gasteiger partial charge in [0.2, 0.25) is 5.91 Å². The first-order chi connectivity index (χ1) is 11.5. The van der Waals surface area contributed by atoms with Crippen molar-refractivity contribution in [1.29, 1.82) is 0 Å². The van der Waals surface area contributed by atoms with E-state index < -0.39 is 6.04 Å². The van der Waals surface area contributed by atoms with E-state index in [4.69, 9.17) is 9.47 Å². The maximum Gasteiger partial charge on any atom is 0.328 e. The molecule has 0 bridgehead atoms. The summed E-state index contributed by atoms with van der Waals surface area (Å²) in [6.07, 6.45) is 2.82. The molecule has 0 spiro atoms. The van der Waals surface area contributed by atoms with Gasteiger partial charge in [-0.1, -0.05) is 20.8 Å². The highest BCUT2D eigenvalue weighted by molar-refractivity contribution is 5.85. The Morgan fingerprint density at radius 1 is 1.29 bits per heavy atom. The van der Waals surface area contributed by atoms with Gasteiger partial charge in [-0.05, 0) is 25.2 Å². The quantitative estimate of drug-likeness (QED) is 0.660. The van der Waals surface area contributed by atoms with E-state index in [1.54, 1.807) is 4.90 Å². The molecule has 0 saturated carbocycles. The number of likely N-dealkylation sites (tertiary alicyclic amines) is 1. The molecule has 24 heavy (non-hydrogen) atoms. The van der Waals surface area contributed by atoms with Gasteiger partial charge in [-0.2, -0.15) is 0 Å². The predicted octanol–water partition coefficient (Wildman–Crippen LogP) is 1.68. The summed E-state index contributed by atoms with van der Waals surface area (Å²) in [6.45, 7) is 10.8. The number of morpholine rings is 1. The van der Waals surface area contributed by atoms with E-state index in [1.807, 2.05) is 6.92 Å². The fourth-order valence-electron chi connectivity index (χ4n) is 3.50. The van der Waals surface area contributed by atoms with E-state index in [2.05, 4.69) is 18.7 Å². The van der Waals surface area contributed by atoms with Crippen LogP contribution in [0.1, 0.15) is 46.5 Å².